The van der Waals surface area contributed by atoms with Crippen molar-refractivity contribution in [2.75, 3.05) is 13.7 Å². The Morgan fingerprint density at radius 2 is 2.06 bits per heavy atom. The van der Waals surface area contributed by atoms with Gasteiger partial charge in [-0.25, -0.2) is 13.2 Å². The Kier molecular flexibility index (Phi) is 4.14. The smallest absolute Gasteiger partial charge is 0.263 e. The molecule has 0 radical (unpaired) electrons. The summed E-state index contributed by atoms with van der Waals surface area (Å²) in [7, 11) is 1.19. The molecule has 3 N–H and O–H groups in total. The Labute approximate surface area is 90.6 Å². The van der Waals surface area contributed by atoms with Gasteiger partial charge in [0.1, 0.15) is 0 Å². The molecule has 1 unspecified atom stereocenters. The molecule has 1 atom stereocenters. The van der Waals surface area contributed by atoms with E-state index in [2.05, 4.69) is 0 Å². The molecule has 0 aliphatic heterocycles. The summed E-state index contributed by atoms with van der Waals surface area (Å²) in [4.78, 5) is 0. The molecule has 90 valence electrons. The number of ether oxygens (including phenoxy) is 1. The molecule has 0 heterocycles. The molecule has 0 saturated heterocycles. The van der Waals surface area contributed by atoms with Crippen LogP contribution in [0.4, 0.5) is 13.2 Å². The molecule has 0 amide bonds. The summed E-state index contributed by atoms with van der Waals surface area (Å²) >= 11 is 0. The second-order valence-electron chi connectivity index (χ2n) is 3.18. The molecule has 0 bridgehead atoms. The molecular weight excluding hydrogens is 223 g/mol. The van der Waals surface area contributed by atoms with Gasteiger partial charge in [-0.05, 0) is 12.1 Å². The first-order valence-electron chi connectivity index (χ1n) is 4.54. The highest BCUT2D eigenvalue weighted by Gasteiger charge is 2.20. The first kappa shape index (κ1) is 12.8. The summed E-state index contributed by atoms with van der Waals surface area (Å²) in [5, 5.41) is 9.46. The Morgan fingerprint density at radius 3 is 2.50 bits per heavy atom. The average Bonchev–Trinajstić information content (AvgIpc) is 2.26. The molecule has 0 fully saturated rings. The predicted molar refractivity (Wildman–Crippen MR) is 51.9 cm³/mol. The Hall–Kier alpha value is -1.27. The molecule has 16 heavy (non-hydrogen) atoms. The number of halogens is 3. The van der Waals surface area contributed by atoms with Crippen LogP contribution in [0.2, 0.25) is 0 Å². The quantitative estimate of drug-likeness (QED) is 0.836. The van der Waals surface area contributed by atoms with E-state index in [1.54, 1.807) is 0 Å². The number of rotatable bonds is 4. The van der Waals surface area contributed by atoms with E-state index in [-0.39, 0.29) is 17.9 Å². The van der Waals surface area contributed by atoms with Crippen LogP contribution in [0.15, 0.2) is 12.1 Å². The number of nitrogens with two attached hydrogens (primary N) is 1. The summed E-state index contributed by atoms with van der Waals surface area (Å²) in [6.07, 6.45) is -4.05. The van der Waals surface area contributed by atoms with Gasteiger partial charge in [0.15, 0.2) is 11.6 Å². The lowest BCUT2D eigenvalue weighted by molar-refractivity contribution is 0.148. The van der Waals surface area contributed by atoms with Crippen LogP contribution in [0.5, 0.6) is 5.75 Å². The lowest BCUT2D eigenvalue weighted by atomic mass is 10.0. The predicted octanol–water partition coefficient (Wildman–Crippen LogP) is 1.76. The van der Waals surface area contributed by atoms with Gasteiger partial charge in [0.05, 0.1) is 13.2 Å². The van der Waals surface area contributed by atoms with Crippen molar-refractivity contribution in [1.29, 1.82) is 0 Å². The number of methoxy groups -OCH3 is 1. The van der Waals surface area contributed by atoms with Crippen LogP contribution in [-0.4, -0.2) is 18.8 Å². The van der Waals surface area contributed by atoms with E-state index in [0.717, 1.165) is 6.07 Å². The Bertz CT molecular complexity index is 371. The van der Waals surface area contributed by atoms with Crippen LogP contribution >= 0.6 is 0 Å². The molecule has 0 aromatic heterocycles. The molecule has 0 aliphatic rings. The van der Waals surface area contributed by atoms with Crippen molar-refractivity contribution in [2.45, 2.75) is 12.5 Å². The zero-order valence-electron chi connectivity index (χ0n) is 8.58. The summed E-state index contributed by atoms with van der Waals surface area (Å²) in [5.41, 5.74) is 4.61. The topological polar surface area (TPSA) is 55.5 Å². The maximum atomic E-state index is 13.4. The highest BCUT2D eigenvalue weighted by atomic mass is 19.3. The minimum atomic E-state index is -2.82. The Morgan fingerprint density at radius 1 is 1.44 bits per heavy atom. The third-order valence-electron chi connectivity index (χ3n) is 2.13. The monoisotopic (exact) mass is 235 g/mol. The first-order chi connectivity index (χ1) is 7.51. The third kappa shape index (κ3) is 2.45. The molecule has 1 rings (SSSR count). The van der Waals surface area contributed by atoms with Gasteiger partial charge in [0.25, 0.3) is 6.43 Å². The van der Waals surface area contributed by atoms with Crippen molar-refractivity contribution in [3.8, 4) is 5.75 Å². The van der Waals surface area contributed by atoms with E-state index >= 15 is 0 Å². The highest BCUT2D eigenvalue weighted by Crippen LogP contribution is 2.32. The van der Waals surface area contributed by atoms with E-state index in [9.17, 15) is 18.3 Å². The molecule has 1 aromatic rings. The number of hydrogen-bond acceptors (Lipinski definition) is 3. The van der Waals surface area contributed by atoms with Crippen molar-refractivity contribution < 1.29 is 23.0 Å². The van der Waals surface area contributed by atoms with Crippen molar-refractivity contribution in [2.24, 2.45) is 5.73 Å². The normalized spacial score (nSPS) is 12.9. The number of aliphatic hydroxyl groups excluding tert-OH is 1. The molecule has 0 aliphatic carbocycles. The van der Waals surface area contributed by atoms with E-state index < -0.39 is 23.9 Å². The fourth-order valence-corrected chi connectivity index (χ4v) is 1.35. The highest BCUT2D eigenvalue weighted by molar-refractivity contribution is 5.40. The lowest BCUT2D eigenvalue weighted by Crippen LogP contribution is -2.13. The molecule has 3 nitrogen and oxygen atoms in total. The number of aliphatic hydroxyl groups is 1. The van der Waals surface area contributed by atoms with Gasteiger partial charge in [-0.2, -0.15) is 0 Å². The largest absolute Gasteiger partial charge is 0.493 e. The van der Waals surface area contributed by atoms with Gasteiger partial charge < -0.3 is 15.6 Å². The minimum Gasteiger partial charge on any atom is -0.493 e. The van der Waals surface area contributed by atoms with Crippen molar-refractivity contribution in [1.82, 2.24) is 0 Å². The molecule has 6 heteroatoms. The van der Waals surface area contributed by atoms with Crippen LogP contribution in [0, 0.1) is 5.82 Å². The van der Waals surface area contributed by atoms with Crippen molar-refractivity contribution in [3.63, 3.8) is 0 Å². The maximum absolute atomic E-state index is 13.4. The van der Waals surface area contributed by atoms with Gasteiger partial charge in [0.2, 0.25) is 0 Å². The minimum absolute atomic E-state index is 0.0692. The van der Waals surface area contributed by atoms with Gasteiger partial charge in [-0.1, -0.05) is 0 Å². The van der Waals surface area contributed by atoms with E-state index in [4.69, 9.17) is 10.5 Å². The number of benzene rings is 1. The van der Waals surface area contributed by atoms with E-state index in [1.807, 2.05) is 0 Å². The van der Waals surface area contributed by atoms with Crippen LogP contribution in [-0.2, 0) is 0 Å². The zero-order chi connectivity index (χ0) is 12.3. The fraction of sp³-hybridized carbons (Fsp3) is 0.400. The third-order valence-corrected chi connectivity index (χ3v) is 2.13. The number of alkyl halides is 2. The van der Waals surface area contributed by atoms with Gasteiger partial charge in [-0.3, -0.25) is 0 Å². The van der Waals surface area contributed by atoms with Crippen molar-refractivity contribution >= 4 is 0 Å². The Balaban J connectivity index is 3.30. The van der Waals surface area contributed by atoms with E-state index in [1.165, 1.54) is 7.11 Å². The average molecular weight is 235 g/mol. The van der Waals surface area contributed by atoms with Crippen LogP contribution in [0.25, 0.3) is 0 Å². The fourth-order valence-electron chi connectivity index (χ4n) is 1.35. The zero-order valence-corrected chi connectivity index (χ0v) is 8.58. The van der Waals surface area contributed by atoms with Crippen LogP contribution in [0.3, 0.4) is 0 Å². The summed E-state index contributed by atoms with van der Waals surface area (Å²) in [6, 6.07) is 1.67. The second kappa shape index (κ2) is 5.18. The lowest BCUT2D eigenvalue weighted by Gasteiger charge is -2.15. The number of hydrogen-bond donors (Lipinski definition) is 2. The van der Waals surface area contributed by atoms with Gasteiger partial charge in [-0.15, -0.1) is 0 Å². The van der Waals surface area contributed by atoms with E-state index in [0.29, 0.717) is 6.07 Å². The van der Waals surface area contributed by atoms with Gasteiger partial charge in [0, 0.05) is 17.7 Å². The summed E-state index contributed by atoms with van der Waals surface area (Å²) in [6.45, 7) is -0.206. The first-order valence-corrected chi connectivity index (χ1v) is 4.54. The van der Waals surface area contributed by atoms with Crippen LogP contribution in [0.1, 0.15) is 23.7 Å². The molecule has 0 saturated carbocycles. The summed E-state index contributed by atoms with van der Waals surface area (Å²) in [5.74, 6) is -1.20. The SMILES string of the molecule is COc1c(F)cc(C(F)F)cc1C(O)CN. The molecular formula is C10H12F3NO2. The van der Waals surface area contributed by atoms with Gasteiger partial charge >= 0.3 is 0 Å². The molecule has 1 aromatic carbocycles. The standard InChI is InChI=1S/C10H12F3NO2/c1-16-9-6(8(15)4-14)2-5(10(12)13)3-7(9)11/h2-3,8,10,15H,4,14H2,1H3. The maximum Gasteiger partial charge on any atom is 0.263 e. The summed E-state index contributed by atoms with van der Waals surface area (Å²) < 4.78 is 42.9. The molecule has 0 spiro atoms. The van der Waals surface area contributed by atoms with Crippen molar-refractivity contribution in [3.05, 3.63) is 29.1 Å². The second-order valence-corrected chi connectivity index (χ2v) is 3.18. The van der Waals surface area contributed by atoms with Crippen LogP contribution < -0.4 is 10.5 Å².